The highest BCUT2D eigenvalue weighted by molar-refractivity contribution is 6.31. The number of hydrogen-bond donors (Lipinski definition) is 1. The SMILES string of the molecule is Cc1cc(C)n(-c2ccc(CCC(=O)Nc3cccc(Cl)c3C)cc2)n1. The van der Waals surface area contributed by atoms with E-state index >= 15 is 0 Å². The number of benzene rings is 2. The van der Waals surface area contributed by atoms with Crippen molar-refractivity contribution in [3.05, 3.63) is 76.1 Å². The Kier molecular flexibility index (Phi) is 5.43. The molecule has 0 aliphatic heterocycles. The lowest BCUT2D eigenvalue weighted by atomic mass is 10.1. The van der Waals surface area contributed by atoms with E-state index in [4.69, 9.17) is 11.6 Å². The molecule has 4 nitrogen and oxygen atoms in total. The summed E-state index contributed by atoms with van der Waals surface area (Å²) in [6, 6.07) is 15.7. The number of halogens is 1. The third kappa shape index (κ3) is 4.14. The van der Waals surface area contributed by atoms with Gasteiger partial charge in [-0.1, -0.05) is 29.8 Å². The van der Waals surface area contributed by atoms with Crippen LogP contribution >= 0.6 is 11.6 Å². The second-order valence-corrected chi connectivity index (χ2v) is 6.87. The van der Waals surface area contributed by atoms with Crippen LogP contribution in [0.3, 0.4) is 0 Å². The van der Waals surface area contributed by atoms with Gasteiger partial charge in [0.1, 0.15) is 0 Å². The van der Waals surface area contributed by atoms with Crippen molar-refractivity contribution in [3.8, 4) is 5.69 Å². The van der Waals surface area contributed by atoms with Crippen molar-refractivity contribution >= 4 is 23.2 Å². The molecule has 0 bridgehead atoms. The molecule has 5 heteroatoms. The maximum absolute atomic E-state index is 12.2. The van der Waals surface area contributed by atoms with Crippen LogP contribution in [0.5, 0.6) is 0 Å². The van der Waals surface area contributed by atoms with E-state index in [0.29, 0.717) is 17.9 Å². The molecular weight excluding hydrogens is 346 g/mol. The summed E-state index contributed by atoms with van der Waals surface area (Å²) in [6.45, 7) is 5.92. The van der Waals surface area contributed by atoms with E-state index in [9.17, 15) is 4.79 Å². The summed E-state index contributed by atoms with van der Waals surface area (Å²) < 4.78 is 1.92. The molecular formula is C21H22ClN3O. The third-order valence-corrected chi connectivity index (χ3v) is 4.78. The maximum atomic E-state index is 12.2. The van der Waals surface area contributed by atoms with E-state index in [1.165, 1.54) is 0 Å². The van der Waals surface area contributed by atoms with Crippen LogP contribution in [0.4, 0.5) is 5.69 Å². The molecule has 0 aliphatic carbocycles. The average Bonchev–Trinajstić information content (AvgIpc) is 2.96. The molecule has 134 valence electrons. The number of carbonyl (C=O) groups is 1. The first-order valence-corrected chi connectivity index (χ1v) is 8.99. The summed E-state index contributed by atoms with van der Waals surface area (Å²) in [6.07, 6.45) is 1.11. The standard InChI is InChI=1S/C21H22ClN3O/c1-14-13-15(2)25(24-14)18-10-7-17(8-11-18)9-12-21(26)23-20-6-4-5-19(22)16(20)3/h4-8,10-11,13H,9,12H2,1-3H3,(H,23,26). The molecule has 0 saturated heterocycles. The number of nitrogens with one attached hydrogen (secondary N) is 1. The van der Waals surface area contributed by atoms with Crippen molar-refractivity contribution in [2.75, 3.05) is 5.32 Å². The van der Waals surface area contributed by atoms with Crippen LogP contribution in [0.2, 0.25) is 5.02 Å². The van der Waals surface area contributed by atoms with E-state index in [-0.39, 0.29) is 5.91 Å². The number of carbonyl (C=O) groups excluding carboxylic acids is 1. The second-order valence-electron chi connectivity index (χ2n) is 6.47. The first-order valence-electron chi connectivity index (χ1n) is 8.61. The van der Waals surface area contributed by atoms with Crippen LogP contribution in [-0.2, 0) is 11.2 Å². The van der Waals surface area contributed by atoms with Gasteiger partial charge in [-0.05, 0) is 68.7 Å². The molecule has 0 unspecified atom stereocenters. The summed E-state index contributed by atoms with van der Waals surface area (Å²) in [5.74, 6) is -0.0158. The predicted octanol–water partition coefficient (Wildman–Crippen LogP) is 5.02. The zero-order valence-corrected chi connectivity index (χ0v) is 16.0. The molecule has 2 aromatic carbocycles. The van der Waals surface area contributed by atoms with Gasteiger partial charge in [-0.25, -0.2) is 4.68 Å². The van der Waals surface area contributed by atoms with E-state index in [0.717, 1.165) is 33.9 Å². The average molecular weight is 368 g/mol. The van der Waals surface area contributed by atoms with Crippen molar-refractivity contribution in [3.63, 3.8) is 0 Å². The fourth-order valence-electron chi connectivity index (χ4n) is 2.91. The Morgan fingerprint density at radius 3 is 2.50 bits per heavy atom. The summed E-state index contributed by atoms with van der Waals surface area (Å²) >= 11 is 6.09. The number of nitrogens with zero attached hydrogens (tertiary/aromatic N) is 2. The lowest BCUT2D eigenvalue weighted by Crippen LogP contribution is -2.13. The summed E-state index contributed by atoms with van der Waals surface area (Å²) in [7, 11) is 0. The second kappa shape index (κ2) is 7.75. The highest BCUT2D eigenvalue weighted by atomic mass is 35.5. The minimum absolute atomic E-state index is 0.0158. The highest BCUT2D eigenvalue weighted by Crippen LogP contribution is 2.23. The largest absolute Gasteiger partial charge is 0.326 e. The molecule has 26 heavy (non-hydrogen) atoms. The van der Waals surface area contributed by atoms with Gasteiger partial charge in [-0.3, -0.25) is 4.79 Å². The van der Waals surface area contributed by atoms with Gasteiger partial charge in [0.05, 0.1) is 11.4 Å². The lowest BCUT2D eigenvalue weighted by Gasteiger charge is -2.10. The number of anilines is 1. The van der Waals surface area contributed by atoms with Crippen molar-refractivity contribution < 1.29 is 4.79 Å². The lowest BCUT2D eigenvalue weighted by molar-refractivity contribution is -0.116. The van der Waals surface area contributed by atoms with Crippen LogP contribution < -0.4 is 5.32 Å². The van der Waals surface area contributed by atoms with Crippen molar-refractivity contribution in [1.82, 2.24) is 9.78 Å². The molecule has 0 aliphatic rings. The van der Waals surface area contributed by atoms with E-state index in [1.54, 1.807) is 0 Å². The van der Waals surface area contributed by atoms with Crippen LogP contribution in [0.1, 0.15) is 28.9 Å². The van der Waals surface area contributed by atoms with Gasteiger partial charge < -0.3 is 5.32 Å². The maximum Gasteiger partial charge on any atom is 0.224 e. The van der Waals surface area contributed by atoms with Gasteiger partial charge in [0, 0.05) is 22.8 Å². The van der Waals surface area contributed by atoms with Crippen LogP contribution in [-0.4, -0.2) is 15.7 Å². The Morgan fingerprint density at radius 1 is 1.12 bits per heavy atom. The number of aryl methyl sites for hydroxylation is 3. The normalized spacial score (nSPS) is 10.8. The van der Waals surface area contributed by atoms with Gasteiger partial charge in [0.25, 0.3) is 0 Å². The zero-order chi connectivity index (χ0) is 18.7. The van der Waals surface area contributed by atoms with Gasteiger partial charge >= 0.3 is 0 Å². The van der Waals surface area contributed by atoms with E-state index in [1.807, 2.05) is 67.9 Å². The first-order chi connectivity index (χ1) is 12.4. The monoisotopic (exact) mass is 367 g/mol. The van der Waals surface area contributed by atoms with Gasteiger partial charge in [0.2, 0.25) is 5.91 Å². The highest BCUT2D eigenvalue weighted by Gasteiger charge is 2.08. The Bertz CT molecular complexity index is 929. The Morgan fingerprint density at radius 2 is 1.85 bits per heavy atom. The van der Waals surface area contributed by atoms with Gasteiger partial charge in [-0.2, -0.15) is 5.10 Å². The fourth-order valence-corrected chi connectivity index (χ4v) is 3.08. The molecule has 0 spiro atoms. The van der Waals surface area contributed by atoms with Gasteiger partial charge in [-0.15, -0.1) is 0 Å². The van der Waals surface area contributed by atoms with Crippen LogP contribution in [0.15, 0.2) is 48.5 Å². The number of amides is 1. The first kappa shape index (κ1) is 18.2. The molecule has 0 radical (unpaired) electrons. The molecule has 1 heterocycles. The molecule has 1 amide bonds. The number of hydrogen-bond acceptors (Lipinski definition) is 2. The molecule has 1 aromatic heterocycles. The Hall–Kier alpha value is -2.59. The number of aromatic nitrogens is 2. The van der Waals surface area contributed by atoms with E-state index in [2.05, 4.69) is 16.5 Å². The number of rotatable bonds is 5. The smallest absolute Gasteiger partial charge is 0.224 e. The predicted molar refractivity (Wildman–Crippen MR) is 106 cm³/mol. The minimum atomic E-state index is -0.0158. The van der Waals surface area contributed by atoms with Crippen LogP contribution in [0.25, 0.3) is 5.69 Å². The molecule has 0 fully saturated rings. The van der Waals surface area contributed by atoms with Crippen molar-refractivity contribution in [1.29, 1.82) is 0 Å². The summed E-state index contributed by atoms with van der Waals surface area (Å²) in [5, 5.41) is 8.07. The zero-order valence-electron chi connectivity index (χ0n) is 15.2. The topological polar surface area (TPSA) is 46.9 Å². The minimum Gasteiger partial charge on any atom is -0.326 e. The summed E-state index contributed by atoms with van der Waals surface area (Å²) in [4.78, 5) is 12.2. The van der Waals surface area contributed by atoms with Gasteiger partial charge in [0.15, 0.2) is 0 Å². The molecule has 3 aromatic rings. The summed E-state index contributed by atoms with van der Waals surface area (Å²) in [5.41, 5.74) is 5.90. The van der Waals surface area contributed by atoms with Crippen LogP contribution in [0, 0.1) is 20.8 Å². The fraction of sp³-hybridized carbons (Fsp3) is 0.238. The molecule has 0 atom stereocenters. The Balaban J connectivity index is 1.60. The van der Waals surface area contributed by atoms with Crippen molar-refractivity contribution in [2.24, 2.45) is 0 Å². The third-order valence-electron chi connectivity index (χ3n) is 4.37. The molecule has 3 rings (SSSR count). The molecule has 1 N–H and O–H groups in total. The van der Waals surface area contributed by atoms with E-state index < -0.39 is 0 Å². The quantitative estimate of drug-likeness (QED) is 0.688. The molecule has 0 saturated carbocycles. The van der Waals surface area contributed by atoms with Crippen molar-refractivity contribution in [2.45, 2.75) is 33.6 Å². The Labute approximate surface area is 158 Å².